The zero-order valence-corrected chi connectivity index (χ0v) is 14.2. The van der Waals surface area contributed by atoms with Crippen LogP contribution < -0.4 is 10.5 Å². The highest BCUT2D eigenvalue weighted by Crippen LogP contribution is 2.33. The minimum Gasteiger partial charge on any atom is -0.497 e. The van der Waals surface area contributed by atoms with Crippen LogP contribution in [0.3, 0.4) is 0 Å². The van der Waals surface area contributed by atoms with E-state index in [4.69, 9.17) is 10.5 Å². The second kappa shape index (κ2) is 6.26. The minimum atomic E-state index is 0.462. The molecule has 4 rings (SSSR count). The van der Waals surface area contributed by atoms with Gasteiger partial charge in [0.05, 0.1) is 30.0 Å². The van der Waals surface area contributed by atoms with E-state index in [2.05, 4.69) is 15.6 Å². The van der Waals surface area contributed by atoms with Gasteiger partial charge in [-0.05, 0) is 54.6 Å². The summed E-state index contributed by atoms with van der Waals surface area (Å²) in [4.78, 5) is 4.44. The molecule has 5 nitrogen and oxygen atoms in total. The van der Waals surface area contributed by atoms with Crippen molar-refractivity contribution in [2.75, 3.05) is 12.8 Å². The maximum absolute atomic E-state index is 9.28. The lowest BCUT2D eigenvalue weighted by Gasteiger charge is -2.06. The third kappa shape index (κ3) is 2.64. The number of pyridine rings is 1. The SMILES string of the molecule is COc1ccc(-n2cc(-c3cccc(N)n3)c3cc(C#N)ccc32)cc1. The molecule has 0 saturated carbocycles. The first-order valence-corrected chi connectivity index (χ1v) is 8.12. The Morgan fingerprint density at radius 3 is 2.58 bits per heavy atom. The molecule has 0 spiro atoms. The van der Waals surface area contributed by atoms with Crippen molar-refractivity contribution in [3.05, 3.63) is 72.4 Å². The Labute approximate surface area is 150 Å². The molecular weight excluding hydrogens is 324 g/mol. The van der Waals surface area contributed by atoms with Crippen molar-refractivity contribution in [1.82, 2.24) is 9.55 Å². The third-order valence-corrected chi connectivity index (χ3v) is 4.33. The maximum atomic E-state index is 9.28. The van der Waals surface area contributed by atoms with E-state index in [9.17, 15) is 5.26 Å². The summed E-state index contributed by atoms with van der Waals surface area (Å²) in [5, 5.41) is 10.2. The molecule has 0 saturated heterocycles. The van der Waals surface area contributed by atoms with Gasteiger partial charge in [-0.2, -0.15) is 5.26 Å². The quantitative estimate of drug-likeness (QED) is 0.607. The average molecular weight is 340 g/mol. The van der Waals surface area contributed by atoms with Crippen LogP contribution in [0.5, 0.6) is 5.75 Å². The zero-order chi connectivity index (χ0) is 18.1. The van der Waals surface area contributed by atoms with Crippen molar-refractivity contribution >= 4 is 16.7 Å². The molecule has 26 heavy (non-hydrogen) atoms. The van der Waals surface area contributed by atoms with Gasteiger partial charge in [-0.3, -0.25) is 0 Å². The van der Waals surface area contributed by atoms with Crippen LogP contribution in [-0.4, -0.2) is 16.7 Å². The van der Waals surface area contributed by atoms with Gasteiger partial charge in [0.2, 0.25) is 0 Å². The second-order valence-electron chi connectivity index (χ2n) is 5.90. The van der Waals surface area contributed by atoms with Crippen molar-refractivity contribution in [2.45, 2.75) is 0 Å². The van der Waals surface area contributed by atoms with Gasteiger partial charge in [0.1, 0.15) is 11.6 Å². The summed E-state index contributed by atoms with van der Waals surface area (Å²) < 4.78 is 7.32. The van der Waals surface area contributed by atoms with Crippen LogP contribution in [0.2, 0.25) is 0 Å². The van der Waals surface area contributed by atoms with E-state index in [1.807, 2.05) is 60.8 Å². The number of ether oxygens (including phenoxy) is 1. The number of nitriles is 1. The number of hydrogen-bond acceptors (Lipinski definition) is 4. The van der Waals surface area contributed by atoms with Gasteiger partial charge in [0, 0.05) is 22.8 Å². The van der Waals surface area contributed by atoms with Crippen molar-refractivity contribution in [1.29, 1.82) is 5.26 Å². The number of nitrogens with two attached hydrogens (primary N) is 1. The lowest BCUT2D eigenvalue weighted by Crippen LogP contribution is -1.92. The summed E-state index contributed by atoms with van der Waals surface area (Å²) in [5.41, 5.74) is 10.2. The summed E-state index contributed by atoms with van der Waals surface area (Å²) in [5.74, 6) is 1.26. The number of aromatic nitrogens is 2. The van der Waals surface area contributed by atoms with Gasteiger partial charge in [-0.1, -0.05) is 6.07 Å². The second-order valence-corrected chi connectivity index (χ2v) is 5.90. The molecule has 2 aromatic heterocycles. The topological polar surface area (TPSA) is 76.9 Å². The molecule has 4 aromatic rings. The molecule has 2 aromatic carbocycles. The number of nitrogens with zero attached hydrogens (tertiary/aromatic N) is 3. The highest BCUT2D eigenvalue weighted by atomic mass is 16.5. The summed E-state index contributed by atoms with van der Waals surface area (Å²) >= 11 is 0. The zero-order valence-electron chi connectivity index (χ0n) is 14.2. The number of benzene rings is 2. The number of fused-ring (bicyclic) bond motifs is 1. The van der Waals surface area contributed by atoms with Crippen molar-refractivity contribution in [3.63, 3.8) is 0 Å². The predicted molar refractivity (Wildman–Crippen MR) is 102 cm³/mol. The average Bonchev–Trinajstić information content (AvgIpc) is 3.06. The van der Waals surface area contributed by atoms with Crippen LogP contribution in [0.4, 0.5) is 5.82 Å². The monoisotopic (exact) mass is 340 g/mol. The molecule has 0 atom stereocenters. The van der Waals surface area contributed by atoms with Gasteiger partial charge < -0.3 is 15.0 Å². The van der Waals surface area contributed by atoms with E-state index in [1.165, 1.54) is 0 Å². The number of hydrogen-bond donors (Lipinski definition) is 1. The normalized spacial score (nSPS) is 10.6. The molecular formula is C21H16N4O. The molecule has 0 aliphatic rings. The Morgan fingerprint density at radius 2 is 1.88 bits per heavy atom. The lowest BCUT2D eigenvalue weighted by atomic mass is 10.1. The third-order valence-electron chi connectivity index (χ3n) is 4.33. The molecule has 0 bridgehead atoms. The van der Waals surface area contributed by atoms with Gasteiger partial charge in [0.15, 0.2) is 0 Å². The maximum Gasteiger partial charge on any atom is 0.124 e. The summed E-state index contributed by atoms with van der Waals surface area (Å²) in [6.07, 6.45) is 2.02. The Kier molecular flexibility index (Phi) is 3.79. The van der Waals surface area contributed by atoms with E-state index < -0.39 is 0 Å². The number of anilines is 1. The fourth-order valence-electron chi connectivity index (χ4n) is 3.06. The molecule has 2 heterocycles. The summed E-state index contributed by atoms with van der Waals surface area (Å²) in [7, 11) is 1.65. The molecule has 0 amide bonds. The van der Waals surface area contributed by atoms with Crippen LogP contribution >= 0.6 is 0 Å². The van der Waals surface area contributed by atoms with Crippen LogP contribution in [0.1, 0.15) is 5.56 Å². The van der Waals surface area contributed by atoms with E-state index in [-0.39, 0.29) is 0 Å². The van der Waals surface area contributed by atoms with Crippen LogP contribution in [0, 0.1) is 11.3 Å². The highest BCUT2D eigenvalue weighted by molar-refractivity contribution is 5.97. The number of methoxy groups -OCH3 is 1. The van der Waals surface area contributed by atoms with Crippen molar-refractivity contribution in [3.8, 4) is 28.8 Å². The molecule has 2 N–H and O–H groups in total. The fourth-order valence-corrected chi connectivity index (χ4v) is 3.06. The Bertz CT molecular complexity index is 1140. The molecule has 0 fully saturated rings. The van der Waals surface area contributed by atoms with E-state index in [0.29, 0.717) is 11.4 Å². The smallest absolute Gasteiger partial charge is 0.124 e. The van der Waals surface area contributed by atoms with Crippen molar-refractivity contribution < 1.29 is 4.74 Å². The van der Waals surface area contributed by atoms with Gasteiger partial charge in [0.25, 0.3) is 0 Å². The highest BCUT2D eigenvalue weighted by Gasteiger charge is 2.13. The Hall–Kier alpha value is -3.78. The van der Waals surface area contributed by atoms with E-state index in [0.717, 1.165) is 33.6 Å². The molecule has 0 aliphatic carbocycles. The standard InChI is InChI=1S/C21H16N4O/c1-26-16-8-6-15(7-9-16)25-13-18(19-3-2-4-21(23)24-19)17-11-14(12-22)5-10-20(17)25/h2-11,13H,1H3,(H2,23,24). The number of nitrogen functional groups attached to an aromatic ring is 1. The van der Waals surface area contributed by atoms with Crippen LogP contribution in [-0.2, 0) is 0 Å². The predicted octanol–water partition coefficient (Wildman–Crippen LogP) is 4.15. The fraction of sp³-hybridized carbons (Fsp3) is 0.0476. The summed E-state index contributed by atoms with van der Waals surface area (Å²) in [6.45, 7) is 0. The first-order chi connectivity index (χ1) is 12.7. The van der Waals surface area contributed by atoms with Gasteiger partial charge >= 0.3 is 0 Å². The molecule has 0 radical (unpaired) electrons. The number of rotatable bonds is 3. The molecule has 5 heteroatoms. The van der Waals surface area contributed by atoms with E-state index >= 15 is 0 Å². The molecule has 0 unspecified atom stereocenters. The van der Waals surface area contributed by atoms with Gasteiger partial charge in [-0.25, -0.2) is 4.98 Å². The molecule has 126 valence electrons. The minimum absolute atomic E-state index is 0.462. The Morgan fingerprint density at radius 1 is 1.08 bits per heavy atom. The Balaban J connectivity index is 1.98. The first kappa shape index (κ1) is 15.7. The lowest BCUT2D eigenvalue weighted by molar-refractivity contribution is 0.415. The molecule has 0 aliphatic heterocycles. The van der Waals surface area contributed by atoms with Crippen LogP contribution in [0.15, 0.2) is 66.9 Å². The first-order valence-electron chi connectivity index (χ1n) is 8.12. The van der Waals surface area contributed by atoms with Crippen molar-refractivity contribution in [2.24, 2.45) is 0 Å². The van der Waals surface area contributed by atoms with Crippen LogP contribution in [0.25, 0.3) is 27.8 Å². The largest absolute Gasteiger partial charge is 0.497 e. The van der Waals surface area contributed by atoms with E-state index in [1.54, 1.807) is 13.2 Å². The van der Waals surface area contributed by atoms with Gasteiger partial charge in [-0.15, -0.1) is 0 Å². The summed E-state index contributed by atoms with van der Waals surface area (Å²) in [6, 6.07) is 21.2.